The number of likely N-dealkylation sites (tertiary alicyclic amines) is 2. The highest BCUT2D eigenvalue weighted by molar-refractivity contribution is 5.77. The zero-order valence-electron chi connectivity index (χ0n) is 16.1. The molecule has 4 nitrogen and oxygen atoms in total. The zero-order valence-corrected chi connectivity index (χ0v) is 16.1. The van der Waals surface area contributed by atoms with Gasteiger partial charge in [0.25, 0.3) is 0 Å². The molecule has 1 spiro atoms. The van der Waals surface area contributed by atoms with Crippen LogP contribution in [0.1, 0.15) is 36.8 Å². The first-order valence-corrected chi connectivity index (χ1v) is 9.66. The summed E-state index contributed by atoms with van der Waals surface area (Å²) in [4.78, 5) is 19.1. The van der Waals surface area contributed by atoms with Crippen molar-refractivity contribution in [2.45, 2.75) is 39.2 Å². The van der Waals surface area contributed by atoms with E-state index in [-0.39, 0.29) is 0 Å². The maximum absolute atomic E-state index is 12.3. The molecule has 1 aromatic rings. The Morgan fingerprint density at radius 2 is 1.92 bits per heavy atom. The van der Waals surface area contributed by atoms with Gasteiger partial charge in [-0.15, -0.1) is 0 Å². The average molecular weight is 344 g/mol. The van der Waals surface area contributed by atoms with E-state index in [0.29, 0.717) is 11.3 Å². The van der Waals surface area contributed by atoms with Gasteiger partial charge in [-0.25, -0.2) is 0 Å². The lowest BCUT2D eigenvalue weighted by molar-refractivity contribution is -0.139. The van der Waals surface area contributed by atoms with Crippen LogP contribution in [0.3, 0.4) is 0 Å². The van der Waals surface area contributed by atoms with Crippen LogP contribution in [0.15, 0.2) is 24.3 Å². The number of benzene rings is 1. The van der Waals surface area contributed by atoms with Gasteiger partial charge in [-0.1, -0.05) is 29.8 Å². The van der Waals surface area contributed by atoms with Crippen molar-refractivity contribution in [3.63, 3.8) is 0 Å². The van der Waals surface area contributed by atoms with Gasteiger partial charge in [-0.2, -0.15) is 0 Å². The van der Waals surface area contributed by atoms with Crippen molar-refractivity contribution < 1.29 is 4.79 Å². The summed E-state index contributed by atoms with van der Waals surface area (Å²) in [5.41, 5.74) is 3.12. The third-order valence-electron chi connectivity index (χ3n) is 5.97. The van der Waals surface area contributed by atoms with Crippen LogP contribution in [0.2, 0.25) is 0 Å². The van der Waals surface area contributed by atoms with Gasteiger partial charge in [0.1, 0.15) is 0 Å². The molecule has 138 valence electrons. The third-order valence-corrected chi connectivity index (χ3v) is 5.97. The Labute approximate surface area is 152 Å². The quantitative estimate of drug-likeness (QED) is 0.822. The van der Waals surface area contributed by atoms with E-state index in [4.69, 9.17) is 0 Å². The summed E-state index contributed by atoms with van der Waals surface area (Å²) in [5, 5.41) is 0. The predicted octanol–water partition coefficient (Wildman–Crippen LogP) is 2.76. The standard InChI is InChI=1S/C21H33N3O/c1-18-5-4-6-19(15-18)16-23-11-9-21(10-12-23)8-7-20(25)24(17-21)14-13-22(2)3/h4-6,15H,7-14,16-17H2,1-3H3. The number of nitrogens with zero attached hydrogens (tertiary/aromatic N) is 3. The van der Waals surface area contributed by atoms with Crippen molar-refractivity contribution in [3.05, 3.63) is 35.4 Å². The van der Waals surface area contributed by atoms with E-state index in [1.807, 2.05) is 0 Å². The first-order valence-electron chi connectivity index (χ1n) is 9.66. The predicted molar refractivity (Wildman–Crippen MR) is 102 cm³/mol. The van der Waals surface area contributed by atoms with Crippen molar-refractivity contribution in [3.8, 4) is 0 Å². The highest BCUT2D eigenvalue weighted by Gasteiger charge is 2.40. The fourth-order valence-electron chi connectivity index (χ4n) is 4.29. The summed E-state index contributed by atoms with van der Waals surface area (Å²) in [6, 6.07) is 8.85. The van der Waals surface area contributed by atoms with Gasteiger partial charge in [-0.05, 0) is 64.3 Å². The fraction of sp³-hybridized carbons (Fsp3) is 0.667. The van der Waals surface area contributed by atoms with E-state index in [1.165, 1.54) is 24.0 Å². The number of piperidine rings is 2. The number of carbonyl (C=O) groups is 1. The number of rotatable bonds is 5. The van der Waals surface area contributed by atoms with E-state index in [9.17, 15) is 4.79 Å². The van der Waals surface area contributed by atoms with Gasteiger partial charge in [0.05, 0.1) is 0 Å². The van der Waals surface area contributed by atoms with Gasteiger partial charge in [0, 0.05) is 32.6 Å². The summed E-state index contributed by atoms with van der Waals surface area (Å²) in [6.07, 6.45) is 4.28. The molecule has 2 fully saturated rings. The van der Waals surface area contributed by atoms with E-state index >= 15 is 0 Å². The number of hydrogen-bond donors (Lipinski definition) is 0. The molecule has 0 bridgehead atoms. The van der Waals surface area contributed by atoms with E-state index in [2.05, 4.69) is 60.0 Å². The fourth-order valence-corrected chi connectivity index (χ4v) is 4.29. The first-order chi connectivity index (χ1) is 12.0. The summed E-state index contributed by atoms with van der Waals surface area (Å²) in [6.45, 7) is 8.34. The second-order valence-corrected chi connectivity index (χ2v) is 8.38. The van der Waals surface area contributed by atoms with Crippen molar-refractivity contribution in [2.75, 3.05) is 46.8 Å². The number of likely N-dealkylation sites (N-methyl/N-ethyl adjacent to an activating group) is 1. The Bertz CT molecular complexity index is 591. The van der Waals surface area contributed by atoms with Gasteiger partial charge < -0.3 is 9.80 Å². The normalized spacial score (nSPS) is 21.3. The molecule has 3 rings (SSSR count). The summed E-state index contributed by atoms with van der Waals surface area (Å²) in [5.74, 6) is 0.356. The summed E-state index contributed by atoms with van der Waals surface area (Å²) < 4.78 is 0. The maximum Gasteiger partial charge on any atom is 0.222 e. The maximum atomic E-state index is 12.3. The summed E-state index contributed by atoms with van der Waals surface area (Å²) >= 11 is 0. The Morgan fingerprint density at radius 1 is 1.16 bits per heavy atom. The van der Waals surface area contributed by atoms with Crippen LogP contribution in [0.4, 0.5) is 0 Å². The SMILES string of the molecule is Cc1cccc(CN2CCC3(CCC(=O)N(CCN(C)C)C3)CC2)c1. The molecule has 1 aromatic carbocycles. The molecular formula is C21H33N3O. The molecule has 1 amide bonds. The van der Waals surface area contributed by atoms with Crippen LogP contribution in [-0.2, 0) is 11.3 Å². The molecule has 0 atom stereocenters. The van der Waals surface area contributed by atoms with Crippen LogP contribution in [-0.4, -0.2) is 67.4 Å². The highest BCUT2D eigenvalue weighted by Crippen LogP contribution is 2.40. The van der Waals surface area contributed by atoms with Crippen LogP contribution in [0, 0.1) is 12.3 Å². The van der Waals surface area contributed by atoms with E-state index in [0.717, 1.165) is 52.1 Å². The lowest BCUT2D eigenvalue weighted by Crippen LogP contribution is -2.52. The number of aryl methyl sites for hydroxylation is 1. The molecule has 4 heteroatoms. The minimum Gasteiger partial charge on any atom is -0.341 e. The molecule has 0 aromatic heterocycles. The monoisotopic (exact) mass is 343 g/mol. The molecule has 0 N–H and O–H groups in total. The molecule has 2 saturated heterocycles. The van der Waals surface area contributed by atoms with Crippen LogP contribution in [0.5, 0.6) is 0 Å². The second-order valence-electron chi connectivity index (χ2n) is 8.38. The first kappa shape index (κ1) is 18.4. The van der Waals surface area contributed by atoms with Gasteiger partial charge in [0.15, 0.2) is 0 Å². The number of carbonyl (C=O) groups excluding carboxylic acids is 1. The van der Waals surface area contributed by atoms with E-state index in [1.54, 1.807) is 0 Å². The van der Waals surface area contributed by atoms with Crippen LogP contribution in [0.25, 0.3) is 0 Å². The Hall–Kier alpha value is -1.39. The van der Waals surface area contributed by atoms with E-state index < -0.39 is 0 Å². The smallest absolute Gasteiger partial charge is 0.222 e. The van der Waals surface area contributed by atoms with Gasteiger partial charge in [-0.3, -0.25) is 9.69 Å². The van der Waals surface area contributed by atoms with Crippen LogP contribution >= 0.6 is 0 Å². The molecule has 2 heterocycles. The molecular weight excluding hydrogens is 310 g/mol. The third kappa shape index (κ3) is 4.83. The van der Waals surface area contributed by atoms with Crippen molar-refractivity contribution in [1.29, 1.82) is 0 Å². The van der Waals surface area contributed by atoms with Crippen LogP contribution < -0.4 is 0 Å². The highest BCUT2D eigenvalue weighted by atomic mass is 16.2. The minimum absolute atomic E-state index is 0.356. The molecule has 0 unspecified atom stereocenters. The summed E-state index contributed by atoms with van der Waals surface area (Å²) in [7, 11) is 4.15. The zero-order chi connectivity index (χ0) is 17.9. The Kier molecular flexibility index (Phi) is 5.80. The Balaban J connectivity index is 1.54. The molecule has 0 saturated carbocycles. The molecule has 2 aliphatic heterocycles. The number of amides is 1. The van der Waals surface area contributed by atoms with Gasteiger partial charge >= 0.3 is 0 Å². The largest absolute Gasteiger partial charge is 0.341 e. The van der Waals surface area contributed by atoms with Crippen molar-refractivity contribution in [2.24, 2.45) is 5.41 Å². The van der Waals surface area contributed by atoms with Crippen molar-refractivity contribution in [1.82, 2.24) is 14.7 Å². The lowest BCUT2D eigenvalue weighted by Gasteiger charge is -2.47. The molecule has 0 aliphatic carbocycles. The second kappa shape index (κ2) is 7.88. The molecule has 25 heavy (non-hydrogen) atoms. The average Bonchev–Trinajstić information content (AvgIpc) is 2.58. The van der Waals surface area contributed by atoms with Crippen molar-refractivity contribution >= 4 is 5.91 Å². The number of hydrogen-bond acceptors (Lipinski definition) is 3. The molecule has 2 aliphatic rings. The topological polar surface area (TPSA) is 26.8 Å². The molecule has 0 radical (unpaired) electrons. The minimum atomic E-state index is 0.356. The lowest BCUT2D eigenvalue weighted by atomic mass is 9.72. The Morgan fingerprint density at radius 3 is 2.60 bits per heavy atom. The van der Waals surface area contributed by atoms with Gasteiger partial charge in [0.2, 0.25) is 5.91 Å².